The van der Waals surface area contributed by atoms with Gasteiger partial charge < -0.3 is 9.46 Å². The Morgan fingerprint density at radius 1 is 1.18 bits per heavy atom. The Labute approximate surface area is 110 Å². The van der Waals surface area contributed by atoms with Crippen LogP contribution in [-0.4, -0.2) is 13.4 Å². The van der Waals surface area contributed by atoms with Crippen molar-refractivity contribution in [1.29, 1.82) is 0 Å². The van der Waals surface area contributed by atoms with Crippen LogP contribution in [0.3, 0.4) is 0 Å². The third-order valence-electron chi connectivity index (χ3n) is 2.19. The summed E-state index contributed by atoms with van der Waals surface area (Å²) < 4.78 is 8.26. The van der Waals surface area contributed by atoms with Crippen LogP contribution < -0.4 is 4.72 Å². The molecule has 0 fully saturated rings. The fourth-order valence-electron chi connectivity index (χ4n) is 1.36. The van der Waals surface area contributed by atoms with Crippen molar-refractivity contribution in [2.45, 2.75) is 34.6 Å². The lowest BCUT2D eigenvalue weighted by Crippen LogP contribution is -2.10. The van der Waals surface area contributed by atoms with Crippen molar-refractivity contribution in [3.8, 4) is 0 Å². The highest BCUT2D eigenvalue weighted by molar-refractivity contribution is 7.96. The number of ether oxygens (including phenoxy) is 1. The summed E-state index contributed by atoms with van der Waals surface area (Å²) in [4.78, 5) is 0. The lowest BCUT2D eigenvalue weighted by Gasteiger charge is -2.21. The van der Waals surface area contributed by atoms with Gasteiger partial charge in [-0.05, 0) is 36.5 Å². The molecule has 0 bridgehead atoms. The molecule has 0 spiro atoms. The van der Waals surface area contributed by atoms with E-state index in [-0.39, 0.29) is 5.41 Å². The summed E-state index contributed by atoms with van der Waals surface area (Å²) in [6.07, 6.45) is 8.13. The van der Waals surface area contributed by atoms with E-state index in [0.717, 1.165) is 11.3 Å². The minimum Gasteiger partial charge on any atom is -0.504 e. The van der Waals surface area contributed by atoms with E-state index >= 15 is 0 Å². The Kier molecular flexibility index (Phi) is 7.12. The molecule has 0 amide bonds. The van der Waals surface area contributed by atoms with E-state index in [1.54, 1.807) is 25.3 Å². The van der Waals surface area contributed by atoms with Gasteiger partial charge in [0.25, 0.3) is 0 Å². The average molecular weight is 255 g/mol. The second-order valence-electron chi connectivity index (χ2n) is 5.08. The van der Waals surface area contributed by atoms with Gasteiger partial charge in [-0.2, -0.15) is 0 Å². The molecular formula is C14H25NOS. The first-order valence-corrected chi connectivity index (χ1v) is 6.92. The van der Waals surface area contributed by atoms with Crippen LogP contribution in [0.5, 0.6) is 0 Å². The van der Waals surface area contributed by atoms with E-state index in [9.17, 15) is 0 Å². The first-order valence-electron chi connectivity index (χ1n) is 5.70. The molecule has 0 saturated carbocycles. The first-order chi connectivity index (χ1) is 7.81. The van der Waals surface area contributed by atoms with Crippen molar-refractivity contribution >= 4 is 11.9 Å². The van der Waals surface area contributed by atoms with Gasteiger partial charge in [0.15, 0.2) is 0 Å². The molecule has 98 valence electrons. The predicted octanol–water partition coefficient (Wildman–Crippen LogP) is 4.28. The van der Waals surface area contributed by atoms with Gasteiger partial charge in [-0.25, -0.2) is 0 Å². The fraction of sp³-hybridized carbons (Fsp3) is 0.571. The van der Waals surface area contributed by atoms with Gasteiger partial charge >= 0.3 is 0 Å². The quantitative estimate of drug-likeness (QED) is 0.450. The molecule has 17 heavy (non-hydrogen) atoms. The van der Waals surface area contributed by atoms with Gasteiger partial charge in [0.05, 0.1) is 13.4 Å². The summed E-state index contributed by atoms with van der Waals surface area (Å²) in [5.74, 6) is 0. The summed E-state index contributed by atoms with van der Waals surface area (Å²) in [5.41, 5.74) is 3.67. The first kappa shape index (κ1) is 16.2. The van der Waals surface area contributed by atoms with Gasteiger partial charge in [0.2, 0.25) is 0 Å². The molecule has 0 aliphatic rings. The van der Waals surface area contributed by atoms with Crippen molar-refractivity contribution in [1.82, 2.24) is 4.72 Å². The number of methoxy groups -OCH3 is 1. The number of nitrogens with one attached hydrogen (secondary N) is 1. The topological polar surface area (TPSA) is 21.3 Å². The van der Waals surface area contributed by atoms with Crippen LogP contribution in [0, 0.1) is 5.41 Å². The number of allylic oxidation sites excluding steroid dienone is 5. The number of hydrogen-bond acceptors (Lipinski definition) is 3. The Hall–Kier alpha value is -0.830. The van der Waals surface area contributed by atoms with Crippen molar-refractivity contribution in [3.63, 3.8) is 0 Å². The Bertz CT molecular complexity index is 322. The van der Waals surface area contributed by atoms with Crippen LogP contribution in [0.4, 0.5) is 0 Å². The summed E-state index contributed by atoms with van der Waals surface area (Å²) in [6, 6.07) is 0. The van der Waals surface area contributed by atoms with Gasteiger partial charge in [-0.1, -0.05) is 38.8 Å². The monoisotopic (exact) mass is 255 g/mol. The summed E-state index contributed by atoms with van der Waals surface area (Å²) in [6.45, 7) is 10.7. The maximum atomic E-state index is 5.02. The smallest absolute Gasteiger partial charge is 0.0853 e. The Morgan fingerprint density at radius 3 is 2.18 bits per heavy atom. The van der Waals surface area contributed by atoms with Crippen LogP contribution in [0.1, 0.15) is 34.6 Å². The Balaban J connectivity index is 5.17. The van der Waals surface area contributed by atoms with Crippen molar-refractivity contribution < 1.29 is 4.74 Å². The second kappa shape index (κ2) is 7.49. The molecule has 0 aromatic rings. The van der Waals surface area contributed by atoms with E-state index in [1.807, 2.05) is 13.2 Å². The van der Waals surface area contributed by atoms with Gasteiger partial charge in [-0.3, -0.25) is 0 Å². The van der Waals surface area contributed by atoms with Crippen LogP contribution in [0.15, 0.2) is 35.3 Å². The SMILES string of the molecule is CO/C=C(C)/C=C(\C=C(/C)NSC)C(C)(C)C. The molecule has 0 rings (SSSR count). The maximum Gasteiger partial charge on any atom is 0.0853 e. The molecular weight excluding hydrogens is 230 g/mol. The maximum absolute atomic E-state index is 5.02. The minimum absolute atomic E-state index is 0.115. The molecule has 0 radical (unpaired) electrons. The van der Waals surface area contributed by atoms with E-state index in [4.69, 9.17) is 4.74 Å². The van der Waals surface area contributed by atoms with E-state index in [1.165, 1.54) is 5.57 Å². The van der Waals surface area contributed by atoms with E-state index < -0.39 is 0 Å². The molecule has 2 nitrogen and oxygen atoms in total. The molecule has 0 unspecified atom stereocenters. The summed E-state index contributed by atoms with van der Waals surface area (Å²) in [7, 11) is 1.67. The van der Waals surface area contributed by atoms with Crippen molar-refractivity contribution in [3.05, 3.63) is 35.3 Å². The van der Waals surface area contributed by atoms with Crippen LogP contribution in [0.25, 0.3) is 0 Å². The van der Waals surface area contributed by atoms with Gasteiger partial charge in [0, 0.05) is 12.0 Å². The van der Waals surface area contributed by atoms with E-state index in [2.05, 4.69) is 44.6 Å². The number of rotatable bonds is 5. The zero-order valence-electron chi connectivity index (χ0n) is 12.0. The fourth-order valence-corrected chi connectivity index (χ4v) is 1.74. The van der Waals surface area contributed by atoms with Crippen LogP contribution in [0.2, 0.25) is 0 Å². The third kappa shape index (κ3) is 7.16. The number of hydrogen-bond donors (Lipinski definition) is 1. The predicted molar refractivity (Wildman–Crippen MR) is 78.7 cm³/mol. The highest BCUT2D eigenvalue weighted by Gasteiger charge is 2.15. The van der Waals surface area contributed by atoms with Crippen LogP contribution >= 0.6 is 11.9 Å². The molecule has 0 aliphatic heterocycles. The molecule has 0 aliphatic carbocycles. The third-order valence-corrected chi connectivity index (χ3v) is 2.71. The highest BCUT2D eigenvalue weighted by atomic mass is 32.2. The lowest BCUT2D eigenvalue weighted by atomic mass is 9.85. The normalized spacial score (nSPS) is 14.9. The molecule has 0 aromatic carbocycles. The van der Waals surface area contributed by atoms with Crippen molar-refractivity contribution in [2.24, 2.45) is 5.41 Å². The largest absolute Gasteiger partial charge is 0.504 e. The lowest BCUT2D eigenvalue weighted by molar-refractivity contribution is 0.335. The molecule has 0 heterocycles. The molecule has 3 heteroatoms. The Morgan fingerprint density at radius 2 is 1.76 bits per heavy atom. The molecule has 1 N–H and O–H groups in total. The standard InChI is InChI=1S/C14H25NOS/c1-11(10-16-6)8-13(14(3,4)5)9-12(2)15-17-7/h8-10,15H,1-7H3/b11-10+,12-9+,13-8+. The van der Waals surface area contributed by atoms with Crippen molar-refractivity contribution in [2.75, 3.05) is 13.4 Å². The second-order valence-corrected chi connectivity index (χ2v) is 5.69. The zero-order chi connectivity index (χ0) is 13.5. The summed E-state index contributed by atoms with van der Waals surface area (Å²) >= 11 is 1.61. The molecule has 0 atom stereocenters. The molecule has 0 aromatic heterocycles. The van der Waals surface area contributed by atoms with Crippen LogP contribution in [-0.2, 0) is 4.74 Å². The minimum atomic E-state index is 0.115. The average Bonchev–Trinajstić information content (AvgIpc) is 2.16. The molecule has 0 saturated heterocycles. The van der Waals surface area contributed by atoms with Gasteiger partial charge in [-0.15, -0.1) is 0 Å². The summed E-state index contributed by atoms with van der Waals surface area (Å²) in [5, 5.41) is 0. The zero-order valence-corrected chi connectivity index (χ0v) is 12.9. The highest BCUT2D eigenvalue weighted by Crippen LogP contribution is 2.28. The van der Waals surface area contributed by atoms with Gasteiger partial charge in [0.1, 0.15) is 0 Å². The van der Waals surface area contributed by atoms with E-state index in [0.29, 0.717) is 0 Å².